The van der Waals surface area contributed by atoms with Crippen LogP contribution in [0.5, 0.6) is 0 Å². The number of rotatable bonds is 5. The molecule has 1 aromatic carbocycles. The lowest BCUT2D eigenvalue weighted by Crippen LogP contribution is -2.18. The van der Waals surface area contributed by atoms with Crippen molar-refractivity contribution >= 4 is 39.1 Å². The van der Waals surface area contributed by atoms with E-state index in [1.54, 1.807) is 23.9 Å². The summed E-state index contributed by atoms with van der Waals surface area (Å²) >= 11 is 1.26. The average Bonchev–Trinajstić information content (AvgIpc) is 3.44. The molecule has 3 heterocycles. The van der Waals surface area contributed by atoms with Crippen molar-refractivity contribution in [3.63, 3.8) is 0 Å². The average molecular weight is 477 g/mol. The number of alkyl halides is 3. The molecule has 3 aromatic heterocycles. The summed E-state index contributed by atoms with van der Waals surface area (Å²) in [6, 6.07) is 7.49. The van der Waals surface area contributed by atoms with Crippen molar-refractivity contribution in [1.29, 1.82) is 0 Å². The van der Waals surface area contributed by atoms with Crippen molar-refractivity contribution < 1.29 is 27.5 Å². The molecule has 12 heteroatoms. The lowest BCUT2D eigenvalue weighted by Gasteiger charge is -2.13. The van der Waals surface area contributed by atoms with E-state index in [1.807, 2.05) is 6.92 Å². The number of hydrogen-bond donors (Lipinski definition) is 1. The number of carbonyl (C=O) groups excluding carboxylic acids is 2. The van der Waals surface area contributed by atoms with Gasteiger partial charge < -0.3 is 10.1 Å². The van der Waals surface area contributed by atoms with Crippen molar-refractivity contribution in [2.45, 2.75) is 20.0 Å². The smallest absolute Gasteiger partial charge is 0.434 e. The van der Waals surface area contributed by atoms with Crippen LogP contribution in [-0.2, 0) is 18.0 Å². The van der Waals surface area contributed by atoms with E-state index in [9.17, 15) is 22.8 Å². The molecule has 0 radical (unpaired) electrons. The normalized spacial score (nSPS) is 11.7. The Labute approximate surface area is 189 Å². The molecule has 0 bridgehead atoms. The number of esters is 1. The number of amides is 1. The van der Waals surface area contributed by atoms with Crippen LogP contribution in [0.15, 0.2) is 36.5 Å². The van der Waals surface area contributed by atoms with Gasteiger partial charge in [0.05, 0.1) is 29.1 Å². The van der Waals surface area contributed by atoms with Gasteiger partial charge >= 0.3 is 12.1 Å². The number of nitrogens with zero attached hydrogens (tertiary/aromatic N) is 4. The van der Waals surface area contributed by atoms with Gasteiger partial charge in [-0.25, -0.2) is 9.48 Å². The van der Waals surface area contributed by atoms with Gasteiger partial charge in [0.1, 0.15) is 10.4 Å². The van der Waals surface area contributed by atoms with E-state index in [2.05, 4.69) is 15.5 Å². The van der Waals surface area contributed by atoms with E-state index >= 15 is 0 Å². The summed E-state index contributed by atoms with van der Waals surface area (Å²) in [5.74, 6) is -1.52. The Morgan fingerprint density at radius 3 is 2.67 bits per heavy atom. The van der Waals surface area contributed by atoms with E-state index in [4.69, 9.17) is 4.74 Å². The number of aryl methyl sites for hydroxylation is 2. The minimum Gasteiger partial charge on any atom is -0.462 e. The SMILES string of the molecule is CCOC(=O)c1cnn(-c2cccc(NC(=O)c3cc4c(C)nn(C)c4s3)c2)c1C(F)(F)F. The minimum absolute atomic E-state index is 0.0204. The maximum absolute atomic E-state index is 13.8. The first-order valence-corrected chi connectivity index (χ1v) is 10.6. The number of hydrogen-bond acceptors (Lipinski definition) is 6. The quantitative estimate of drug-likeness (QED) is 0.425. The topological polar surface area (TPSA) is 91.0 Å². The Bertz CT molecular complexity index is 1330. The summed E-state index contributed by atoms with van der Waals surface area (Å²) in [5, 5.41) is 11.6. The summed E-state index contributed by atoms with van der Waals surface area (Å²) < 4.78 is 48.3. The zero-order chi connectivity index (χ0) is 23.9. The van der Waals surface area contributed by atoms with Crippen LogP contribution in [0.2, 0.25) is 0 Å². The van der Waals surface area contributed by atoms with E-state index in [0.717, 1.165) is 22.1 Å². The fourth-order valence-electron chi connectivity index (χ4n) is 3.40. The van der Waals surface area contributed by atoms with E-state index < -0.39 is 29.3 Å². The van der Waals surface area contributed by atoms with Gasteiger partial charge in [0.15, 0.2) is 5.69 Å². The Morgan fingerprint density at radius 1 is 1.24 bits per heavy atom. The van der Waals surface area contributed by atoms with Crippen molar-refractivity contribution in [2.75, 3.05) is 11.9 Å². The number of ether oxygens (including phenoxy) is 1. The van der Waals surface area contributed by atoms with Gasteiger partial charge in [0, 0.05) is 18.1 Å². The Hall–Kier alpha value is -3.67. The third kappa shape index (κ3) is 4.21. The first-order chi connectivity index (χ1) is 15.6. The lowest BCUT2D eigenvalue weighted by atomic mass is 10.2. The van der Waals surface area contributed by atoms with Gasteiger partial charge in [0.2, 0.25) is 0 Å². The zero-order valence-electron chi connectivity index (χ0n) is 17.7. The van der Waals surface area contributed by atoms with E-state index in [-0.39, 0.29) is 18.0 Å². The molecule has 0 saturated heterocycles. The fourth-order valence-corrected chi connectivity index (χ4v) is 4.42. The first-order valence-electron chi connectivity index (χ1n) is 9.77. The van der Waals surface area contributed by atoms with Gasteiger partial charge in [-0.1, -0.05) is 6.07 Å². The van der Waals surface area contributed by atoms with E-state index in [0.29, 0.717) is 9.56 Å². The van der Waals surface area contributed by atoms with Crippen molar-refractivity contribution in [1.82, 2.24) is 19.6 Å². The fraction of sp³-hybridized carbons (Fsp3) is 0.238. The first kappa shape index (κ1) is 22.5. The Morgan fingerprint density at radius 2 is 2.00 bits per heavy atom. The Balaban J connectivity index is 1.66. The number of fused-ring (bicyclic) bond motifs is 1. The summed E-state index contributed by atoms with van der Waals surface area (Å²) in [6.07, 6.45) is -4.04. The molecular weight excluding hydrogens is 459 g/mol. The second-order valence-corrected chi connectivity index (χ2v) is 8.11. The number of thiophene rings is 1. The second kappa shape index (κ2) is 8.35. The van der Waals surface area contributed by atoms with Crippen molar-refractivity contribution in [2.24, 2.45) is 7.05 Å². The molecule has 4 aromatic rings. The van der Waals surface area contributed by atoms with Crippen LogP contribution in [0.1, 0.15) is 38.3 Å². The number of carbonyl (C=O) groups is 2. The summed E-state index contributed by atoms with van der Waals surface area (Å²) in [7, 11) is 1.78. The van der Waals surface area contributed by atoms with Crippen molar-refractivity contribution in [3.8, 4) is 5.69 Å². The highest BCUT2D eigenvalue weighted by molar-refractivity contribution is 7.20. The maximum Gasteiger partial charge on any atom is 0.434 e. The zero-order valence-corrected chi connectivity index (χ0v) is 18.5. The molecule has 0 unspecified atom stereocenters. The molecule has 0 aliphatic rings. The highest BCUT2D eigenvalue weighted by Gasteiger charge is 2.41. The third-order valence-electron chi connectivity index (χ3n) is 4.80. The molecule has 0 atom stereocenters. The van der Waals surface area contributed by atoms with Crippen LogP contribution in [0.4, 0.5) is 18.9 Å². The molecule has 0 fully saturated rings. The van der Waals surface area contributed by atoms with Crippen molar-refractivity contribution in [3.05, 3.63) is 58.4 Å². The highest BCUT2D eigenvalue weighted by atomic mass is 32.1. The van der Waals surface area contributed by atoms with Crippen LogP contribution < -0.4 is 5.32 Å². The predicted octanol–water partition coefficient (Wildman–Crippen LogP) is 4.58. The van der Waals surface area contributed by atoms with Crippen LogP contribution in [0.3, 0.4) is 0 Å². The molecule has 0 saturated carbocycles. The molecule has 0 aliphatic heterocycles. The highest BCUT2D eigenvalue weighted by Crippen LogP contribution is 2.34. The molecule has 8 nitrogen and oxygen atoms in total. The number of anilines is 1. The minimum atomic E-state index is -4.86. The Kier molecular flexibility index (Phi) is 5.70. The third-order valence-corrected chi connectivity index (χ3v) is 6.00. The van der Waals surface area contributed by atoms with Gasteiger partial charge in [-0.2, -0.15) is 23.4 Å². The molecule has 0 spiro atoms. The van der Waals surface area contributed by atoms with E-state index in [1.165, 1.54) is 36.5 Å². The summed E-state index contributed by atoms with van der Waals surface area (Å²) in [5.41, 5.74) is -0.858. The predicted molar refractivity (Wildman–Crippen MR) is 116 cm³/mol. The number of benzene rings is 1. The molecule has 1 amide bonds. The molecule has 0 aliphatic carbocycles. The van der Waals surface area contributed by atoms with Crippen LogP contribution >= 0.6 is 11.3 Å². The van der Waals surface area contributed by atoms with Gasteiger partial charge in [-0.15, -0.1) is 11.3 Å². The summed E-state index contributed by atoms with van der Waals surface area (Å²) in [6.45, 7) is 3.26. The monoisotopic (exact) mass is 477 g/mol. The molecule has 4 rings (SSSR count). The number of nitrogens with one attached hydrogen (secondary N) is 1. The van der Waals surface area contributed by atoms with Crippen LogP contribution in [0.25, 0.3) is 15.9 Å². The van der Waals surface area contributed by atoms with Gasteiger partial charge in [-0.05, 0) is 38.1 Å². The number of aromatic nitrogens is 4. The second-order valence-electron chi connectivity index (χ2n) is 7.08. The van der Waals surface area contributed by atoms with Gasteiger partial charge in [-0.3, -0.25) is 9.48 Å². The number of halogens is 3. The lowest BCUT2D eigenvalue weighted by molar-refractivity contribution is -0.143. The van der Waals surface area contributed by atoms with Crippen LogP contribution in [-0.4, -0.2) is 38.0 Å². The maximum atomic E-state index is 13.8. The molecule has 1 N–H and O–H groups in total. The molecular formula is C21H18F3N5O3S. The van der Waals surface area contributed by atoms with Gasteiger partial charge in [0.25, 0.3) is 5.91 Å². The van der Waals surface area contributed by atoms with Crippen LogP contribution in [0, 0.1) is 6.92 Å². The standard InChI is InChI=1S/C21H18F3N5O3S/c1-4-32-20(31)15-10-25-29(17(15)21(22,23)24)13-7-5-6-12(8-13)26-18(30)16-9-14-11(2)27-28(3)19(14)33-16/h5-10H,4H2,1-3H3,(H,26,30). The molecule has 33 heavy (non-hydrogen) atoms. The largest absolute Gasteiger partial charge is 0.462 e. The molecule has 172 valence electrons. The summed E-state index contributed by atoms with van der Waals surface area (Å²) in [4.78, 5) is 26.0.